The van der Waals surface area contributed by atoms with Crippen molar-refractivity contribution in [3.63, 3.8) is 0 Å². The van der Waals surface area contributed by atoms with Gasteiger partial charge in [0, 0.05) is 11.1 Å². The van der Waals surface area contributed by atoms with Crippen molar-refractivity contribution in [1.82, 2.24) is 9.62 Å². The average Bonchev–Trinajstić information content (AvgIpc) is 2.56. The standard InChI is InChI=1S/C24H54B2N2/c1-11-17-25(18-12-2)27(23(5,6)7)21-15-16-22-28(24(8,9)10)26(19-13-3)20-14-4/h11-22H2,1-10H3. The van der Waals surface area contributed by atoms with Gasteiger partial charge in [0.2, 0.25) is 13.7 Å². The van der Waals surface area contributed by atoms with Gasteiger partial charge >= 0.3 is 0 Å². The van der Waals surface area contributed by atoms with Crippen LogP contribution >= 0.6 is 0 Å². The van der Waals surface area contributed by atoms with Gasteiger partial charge in [-0.1, -0.05) is 78.7 Å². The van der Waals surface area contributed by atoms with Gasteiger partial charge in [-0.3, -0.25) is 0 Å². The van der Waals surface area contributed by atoms with Crippen molar-refractivity contribution < 1.29 is 0 Å². The molecule has 0 aromatic heterocycles. The van der Waals surface area contributed by atoms with Crippen molar-refractivity contribution in [2.45, 2.75) is 144 Å². The van der Waals surface area contributed by atoms with Crippen molar-refractivity contribution in [3.8, 4) is 0 Å². The van der Waals surface area contributed by atoms with E-state index >= 15 is 0 Å². The predicted molar refractivity (Wildman–Crippen MR) is 134 cm³/mol. The van der Waals surface area contributed by atoms with Crippen molar-refractivity contribution in [1.29, 1.82) is 0 Å². The summed E-state index contributed by atoms with van der Waals surface area (Å²) in [5.41, 5.74) is 0.539. The highest BCUT2D eigenvalue weighted by atomic mass is 15.1. The average molecular weight is 392 g/mol. The van der Waals surface area contributed by atoms with Crippen LogP contribution in [0.4, 0.5) is 0 Å². The highest BCUT2D eigenvalue weighted by Crippen LogP contribution is 2.24. The molecule has 0 fully saturated rings. The second-order valence-corrected chi connectivity index (χ2v) is 10.9. The molecule has 28 heavy (non-hydrogen) atoms. The topological polar surface area (TPSA) is 6.48 Å². The Morgan fingerprint density at radius 2 is 0.750 bits per heavy atom. The molecular weight excluding hydrogens is 338 g/mol. The van der Waals surface area contributed by atoms with Gasteiger partial charge in [-0.05, 0) is 67.5 Å². The van der Waals surface area contributed by atoms with Crippen molar-refractivity contribution in [2.24, 2.45) is 0 Å². The van der Waals surface area contributed by atoms with Crippen molar-refractivity contribution in [3.05, 3.63) is 0 Å². The van der Waals surface area contributed by atoms with E-state index in [4.69, 9.17) is 0 Å². The summed E-state index contributed by atoms with van der Waals surface area (Å²) in [6, 6.07) is 0. The molecule has 0 aromatic rings. The van der Waals surface area contributed by atoms with Crippen molar-refractivity contribution >= 4 is 13.7 Å². The summed E-state index contributed by atoms with van der Waals surface area (Å²) in [7, 11) is 0. The van der Waals surface area contributed by atoms with E-state index in [-0.39, 0.29) is 11.1 Å². The van der Waals surface area contributed by atoms with Crippen LogP contribution in [-0.4, -0.2) is 47.5 Å². The maximum absolute atomic E-state index is 2.82. The predicted octanol–water partition coefficient (Wildman–Crippen LogP) is 7.59. The Balaban J connectivity index is 4.95. The van der Waals surface area contributed by atoms with E-state index in [1.54, 1.807) is 0 Å². The third kappa shape index (κ3) is 10.7. The second-order valence-electron chi connectivity index (χ2n) is 10.9. The first kappa shape index (κ1) is 28.0. The Morgan fingerprint density at radius 3 is 0.929 bits per heavy atom. The molecule has 0 atom stereocenters. The summed E-state index contributed by atoms with van der Waals surface area (Å²) in [6.45, 7) is 27.8. The van der Waals surface area contributed by atoms with Gasteiger partial charge in [0.05, 0.1) is 0 Å². The molecule has 0 spiro atoms. The molecule has 0 heterocycles. The third-order valence-corrected chi connectivity index (χ3v) is 6.14. The molecule has 166 valence electrons. The monoisotopic (exact) mass is 392 g/mol. The quantitative estimate of drug-likeness (QED) is 0.209. The van der Waals surface area contributed by atoms with Crippen molar-refractivity contribution in [2.75, 3.05) is 13.1 Å². The van der Waals surface area contributed by atoms with Gasteiger partial charge in [-0.2, -0.15) is 0 Å². The first-order valence-electron chi connectivity index (χ1n) is 12.6. The molecule has 0 aromatic carbocycles. The Hall–Kier alpha value is 0.0499. The Kier molecular flexibility index (Phi) is 14.1. The van der Waals surface area contributed by atoms with Gasteiger partial charge < -0.3 is 9.62 Å². The normalized spacial score (nSPS) is 12.9. The summed E-state index contributed by atoms with van der Waals surface area (Å²) in [5, 5.41) is 0. The Morgan fingerprint density at radius 1 is 0.500 bits per heavy atom. The second kappa shape index (κ2) is 14.1. The fourth-order valence-corrected chi connectivity index (χ4v) is 4.94. The molecule has 0 bridgehead atoms. The zero-order valence-corrected chi connectivity index (χ0v) is 21.5. The van der Waals surface area contributed by atoms with E-state index < -0.39 is 0 Å². The number of hydrogen-bond acceptors (Lipinski definition) is 2. The fraction of sp³-hybridized carbons (Fsp3) is 1.00. The molecule has 0 rings (SSSR count). The first-order valence-corrected chi connectivity index (χ1v) is 12.6. The van der Waals surface area contributed by atoms with Gasteiger partial charge in [-0.25, -0.2) is 0 Å². The van der Waals surface area contributed by atoms with Gasteiger partial charge in [0.25, 0.3) is 0 Å². The fourth-order valence-electron chi connectivity index (χ4n) is 4.94. The van der Waals surface area contributed by atoms with E-state index in [9.17, 15) is 0 Å². The van der Waals surface area contributed by atoms with Crippen LogP contribution in [0.2, 0.25) is 25.3 Å². The molecule has 0 amide bonds. The van der Waals surface area contributed by atoms with Crippen LogP contribution in [0.1, 0.15) is 108 Å². The molecule has 0 aliphatic heterocycles. The number of hydrogen-bond donors (Lipinski definition) is 0. The smallest absolute Gasteiger partial charge is 0.223 e. The summed E-state index contributed by atoms with van der Waals surface area (Å²) in [5.74, 6) is 0. The summed E-state index contributed by atoms with van der Waals surface area (Å²) in [6.07, 6.45) is 13.2. The van der Waals surface area contributed by atoms with Crippen LogP contribution in [0, 0.1) is 0 Å². The van der Waals surface area contributed by atoms with Crippen LogP contribution in [-0.2, 0) is 0 Å². The molecule has 2 nitrogen and oxygen atoms in total. The van der Waals surface area contributed by atoms with E-state index in [0.29, 0.717) is 0 Å². The molecule has 0 radical (unpaired) electrons. The minimum absolute atomic E-state index is 0.270. The summed E-state index contributed by atoms with van der Waals surface area (Å²) >= 11 is 0. The zero-order chi connectivity index (χ0) is 21.8. The lowest BCUT2D eigenvalue weighted by molar-refractivity contribution is 0.218. The molecular formula is C24H54B2N2. The molecule has 0 N–H and O–H groups in total. The summed E-state index contributed by atoms with van der Waals surface area (Å²) in [4.78, 5) is 5.63. The van der Waals surface area contributed by atoms with Crippen LogP contribution in [0.15, 0.2) is 0 Å². The third-order valence-electron chi connectivity index (χ3n) is 6.14. The first-order chi connectivity index (χ1) is 13.0. The van der Waals surface area contributed by atoms with E-state index in [0.717, 1.165) is 13.7 Å². The van der Waals surface area contributed by atoms with Crippen LogP contribution in [0.25, 0.3) is 0 Å². The van der Waals surface area contributed by atoms with Crippen LogP contribution < -0.4 is 0 Å². The number of nitrogens with zero attached hydrogens (tertiary/aromatic N) is 2. The van der Waals surface area contributed by atoms with Crippen LogP contribution in [0.3, 0.4) is 0 Å². The molecule has 0 saturated carbocycles. The zero-order valence-electron chi connectivity index (χ0n) is 21.5. The molecule has 4 heteroatoms. The Labute approximate surface area is 180 Å². The van der Waals surface area contributed by atoms with E-state index in [1.807, 2.05) is 0 Å². The lowest BCUT2D eigenvalue weighted by atomic mass is 9.51. The number of rotatable bonds is 15. The largest absolute Gasteiger partial charge is 0.337 e. The minimum Gasteiger partial charge on any atom is -0.337 e. The van der Waals surface area contributed by atoms with E-state index in [1.165, 1.54) is 76.9 Å². The highest BCUT2D eigenvalue weighted by Gasteiger charge is 2.32. The van der Waals surface area contributed by atoms with Gasteiger partial charge in [0.1, 0.15) is 0 Å². The van der Waals surface area contributed by atoms with Gasteiger partial charge in [0.15, 0.2) is 0 Å². The van der Waals surface area contributed by atoms with Crippen LogP contribution in [0.5, 0.6) is 0 Å². The molecule has 0 unspecified atom stereocenters. The highest BCUT2D eigenvalue weighted by molar-refractivity contribution is 6.56. The lowest BCUT2D eigenvalue weighted by Crippen LogP contribution is -2.52. The molecule has 0 saturated heterocycles. The number of unbranched alkanes of at least 4 members (excludes halogenated alkanes) is 1. The molecule has 0 aliphatic rings. The maximum atomic E-state index is 2.82. The Bertz CT molecular complexity index is 326. The SMILES string of the molecule is CCCB(CCC)N(CCCCN(B(CCC)CCC)C(C)(C)C)C(C)(C)C. The maximum Gasteiger partial charge on any atom is 0.223 e. The van der Waals surface area contributed by atoms with Gasteiger partial charge in [-0.15, -0.1) is 0 Å². The van der Waals surface area contributed by atoms with E-state index in [2.05, 4.69) is 78.9 Å². The molecule has 0 aliphatic carbocycles. The lowest BCUT2D eigenvalue weighted by Gasteiger charge is -2.42. The minimum atomic E-state index is 0.270. The summed E-state index contributed by atoms with van der Waals surface area (Å²) < 4.78 is 0.